The minimum atomic E-state index is -0.675. The van der Waals surface area contributed by atoms with Crippen molar-refractivity contribution in [2.24, 2.45) is 0 Å². The van der Waals surface area contributed by atoms with Crippen molar-refractivity contribution in [2.45, 2.75) is 66.2 Å². The molecule has 0 spiro atoms. The van der Waals surface area contributed by atoms with Crippen LogP contribution in [0.3, 0.4) is 0 Å². The van der Waals surface area contributed by atoms with Crippen LogP contribution in [0, 0.1) is 25.7 Å². The van der Waals surface area contributed by atoms with E-state index in [0.717, 1.165) is 22.6 Å². The van der Waals surface area contributed by atoms with Crippen LogP contribution in [-0.4, -0.2) is 15.1 Å². The van der Waals surface area contributed by atoms with E-state index in [1.807, 2.05) is 48.7 Å². The number of halogens is 1. The van der Waals surface area contributed by atoms with Gasteiger partial charge in [-0.3, -0.25) is 4.98 Å². The number of benzene rings is 4. The second-order valence-corrected chi connectivity index (χ2v) is 14.8. The number of aromatic nitrogens is 2. The monoisotopic (exact) mass is 843 g/mol. The van der Waals surface area contributed by atoms with E-state index >= 15 is 0 Å². The summed E-state index contributed by atoms with van der Waals surface area (Å²) in [4.78, 5) is 12.1. The normalized spacial score (nSPS) is 11.6. The molecule has 0 bridgehead atoms. The second kappa shape index (κ2) is 14.3. The summed E-state index contributed by atoms with van der Waals surface area (Å²) in [5.41, 5.74) is 10.9. The van der Waals surface area contributed by atoms with Gasteiger partial charge in [0.15, 0.2) is 5.82 Å². The Labute approximate surface area is 310 Å². The number of anilines is 3. The van der Waals surface area contributed by atoms with Crippen molar-refractivity contribution in [2.75, 3.05) is 4.90 Å². The molecule has 0 fully saturated rings. The zero-order valence-electron chi connectivity index (χ0n) is 29.9. The summed E-state index contributed by atoms with van der Waals surface area (Å²) in [5.74, 6) is -0.396. The number of hydrogen-bond donors (Lipinski definition) is 1. The molecule has 0 aliphatic carbocycles. The first-order chi connectivity index (χ1) is 23.2. The van der Waals surface area contributed by atoms with Gasteiger partial charge >= 0.3 is 0 Å². The molecule has 0 saturated carbocycles. The van der Waals surface area contributed by atoms with Crippen molar-refractivity contribution in [3.63, 3.8) is 0 Å². The summed E-state index contributed by atoms with van der Waals surface area (Å²) in [6, 6.07) is 36.9. The number of pyridine rings is 2. The van der Waals surface area contributed by atoms with E-state index < -0.39 is 11.6 Å². The Morgan fingerprint density at radius 3 is 1.98 bits per heavy atom. The number of phenolic OH excluding ortho intramolecular Hbond substituents is 1. The molecule has 0 saturated heterocycles. The van der Waals surface area contributed by atoms with Crippen LogP contribution in [0.1, 0.15) is 63.8 Å². The van der Waals surface area contributed by atoms with Crippen molar-refractivity contribution < 1.29 is 30.6 Å². The van der Waals surface area contributed by atoms with E-state index in [2.05, 4.69) is 109 Å². The van der Waals surface area contributed by atoms with Gasteiger partial charge in [-0.25, -0.2) is 9.37 Å². The van der Waals surface area contributed by atoms with Gasteiger partial charge < -0.3 is 10.0 Å². The van der Waals surface area contributed by atoms with Crippen LogP contribution in [-0.2, 0) is 31.9 Å². The molecule has 50 heavy (non-hydrogen) atoms. The number of phenols is 1. The Bertz CT molecular complexity index is 2110. The van der Waals surface area contributed by atoms with Gasteiger partial charge in [-0.1, -0.05) is 89.6 Å². The van der Waals surface area contributed by atoms with Gasteiger partial charge in [0.25, 0.3) is 0 Å². The fourth-order valence-corrected chi connectivity index (χ4v) is 6.16. The number of hydrogen-bond acceptors (Lipinski definition) is 4. The Morgan fingerprint density at radius 1 is 0.700 bits per heavy atom. The zero-order valence-corrected chi connectivity index (χ0v) is 32.1. The van der Waals surface area contributed by atoms with Crippen LogP contribution in [0.15, 0.2) is 109 Å². The molecule has 6 rings (SSSR count). The third-order valence-corrected chi connectivity index (χ3v) is 8.96. The Hall–Kier alpha value is -4.60. The SMILES string of the molecule is Cc1cccc(C)c1-c1ccnc(-c2cccc(N(c3[c-]c(-c4cccc(F)c4O)ccc3)c3cc(C(C)(C)C)cc(C(C)(C)C)c3)n2)c1.[Pt]. The zero-order chi connectivity index (χ0) is 35.1. The molecule has 258 valence electrons. The van der Waals surface area contributed by atoms with Gasteiger partial charge in [0, 0.05) is 32.9 Å². The smallest absolute Gasteiger partial charge is 0.155 e. The van der Waals surface area contributed by atoms with Crippen molar-refractivity contribution in [3.05, 3.63) is 143 Å². The maximum absolute atomic E-state index is 14.5. The van der Waals surface area contributed by atoms with E-state index in [-0.39, 0.29) is 31.9 Å². The van der Waals surface area contributed by atoms with Gasteiger partial charge in [0.05, 0.1) is 11.4 Å². The quantitative estimate of drug-likeness (QED) is 0.170. The third kappa shape index (κ3) is 7.59. The molecule has 0 radical (unpaired) electrons. The fourth-order valence-electron chi connectivity index (χ4n) is 6.16. The summed E-state index contributed by atoms with van der Waals surface area (Å²) in [7, 11) is 0. The molecule has 4 nitrogen and oxygen atoms in total. The van der Waals surface area contributed by atoms with Gasteiger partial charge in [-0.2, -0.15) is 0 Å². The Balaban J connectivity index is 0.00000486. The molecule has 0 atom stereocenters. The largest absolute Gasteiger partial charge is 0.514 e. The maximum Gasteiger partial charge on any atom is 0.155 e. The van der Waals surface area contributed by atoms with Crippen molar-refractivity contribution in [1.29, 1.82) is 0 Å². The molecule has 6 aromatic rings. The van der Waals surface area contributed by atoms with Crippen LogP contribution in [0.25, 0.3) is 33.6 Å². The summed E-state index contributed by atoms with van der Waals surface area (Å²) in [6.45, 7) is 17.6. The van der Waals surface area contributed by atoms with Gasteiger partial charge in [-0.15, -0.1) is 29.8 Å². The molecular formula is C44H43FN3OPt-. The van der Waals surface area contributed by atoms with Gasteiger partial charge in [0.1, 0.15) is 11.6 Å². The molecule has 4 aromatic carbocycles. The summed E-state index contributed by atoms with van der Waals surface area (Å²) < 4.78 is 14.5. The molecule has 1 N–H and O–H groups in total. The molecule has 0 aliphatic rings. The standard InChI is InChI=1S/C44H43FN3O.Pt/c1-28-13-9-14-29(2)41(28)31-21-22-46-39(24-31)38-19-12-20-40(47-38)48(35-26-32(43(3,4)5)25-33(27-35)44(6,7)8)34-16-10-15-30(23-34)36-17-11-18-37(45)42(36)49;/h9-22,24-27,49H,1-8H3;/q-1;. The predicted molar refractivity (Wildman–Crippen MR) is 200 cm³/mol. The number of nitrogens with zero attached hydrogens (tertiary/aromatic N) is 3. The molecule has 0 aliphatic heterocycles. The summed E-state index contributed by atoms with van der Waals surface area (Å²) >= 11 is 0. The average Bonchev–Trinajstić information content (AvgIpc) is 3.06. The molecule has 0 unspecified atom stereocenters. The predicted octanol–water partition coefficient (Wildman–Crippen LogP) is 11.8. The van der Waals surface area contributed by atoms with Crippen LogP contribution in [0.5, 0.6) is 5.75 Å². The Kier molecular flexibility index (Phi) is 10.5. The van der Waals surface area contributed by atoms with E-state index in [1.54, 1.807) is 12.1 Å². The van der Waals surface area contributed by atoms with Crippen LogP contribution >= 0.6 is 0 Å². The minimum absolute atomic E-state index is 0. The first-order valence-electron chi connectivity index (χ1n) is 16.7. The minimum Gasteiger partial charge on any atom is -0.514 e. The van der Waals surface area contributed by atoms with E-state index in [1.165, 1.54) is 33.9 Å². The fraction of sp³-hybridized carbons (Fsp3) is 0.227. The molecule has 2 heterocycles. The maximum atomic E-state index is 14.5. The first-order valence-corrected chi connectivity index (χ1v) is 16.7. The first kappa shape index (κ1) is 36.7. The number of aryl methyl sites for hydroxylation is 2. The molecule has 2 aromatic heterocycles. The average molecular weight is 844 g/mol. The van der Waals surface area contributed by atoms with Crippen LogP contribution in [0.4, 0.5) is 21.6 Å². The van der Waals surface area contributed by atoms with Crippen molar-refractivity contribution >= 4 is 17.2 Å². The number of aromatic hydroxyl groups is 1. The number of para-hydroxylation sites is 1. The van der Waals surface area contributed by atoms with Crippen LogP contribution < -0.4 is 4.90 Å². The second-order valence-electron chi connectivity index (χ2n) is 14.8. The molecule has 6 heteroatoms. The molecular weight excluding hydrogens is 801 g/mol. The van der Waals surface area contributed by atoms with Gasteiger partial charge in [-0.05, 0) is 106 Å². The van der Waals surface area contributed by atoms with E-state index in [0.29, 0.717) is 22.6 Å². The van der Waals surface area contributed by atoms with Crippen LogP contribution in [0.2, 0.25) is 0 Å². The number of rotatable bonds is 6. The summed E-state index contributed by atoms with van der Waals surface area (Å²) in [6.07, 6.45) is 1.84. The van der Waals surface area contributed by atoms with E-state index in [9.17, 15) is 9.50 Å². The topological polar surface area (TPSA) is 49.2 Å². The van der Waals surface area contributed by atoms with Gasteiger partial charge in [0.2, 0.25) is 0 Å². The third-order valence-electron chi connectivity index (χ3n) is 8.96. The van der Waals surface area contributed by atoms with Crippen molar-refractivity contribution in [3.8, 4) is 39.4 Å². The van der Waals surface area contributed by atoms with Crippen molar-refractivity contribution in [1.82, 2.24) is 9.97 Å². The Morgan fingerprint density at radius 2 is 1.32 bits per heavy atom. The molecule has 0 amide bonds. The summed E-state index contributed by atoms with van der Waals surface area (Å²) in [5, 5.41) is 10.6. The van der Waals surface area contributed by atoms with E-state index in [4.69, 9.17) is 9.97 Å².